The molecule has 0 unspecified atom stereocenters. The summed E-state index contributed by atoms with van der Waals surface area (Å²) >= 11 is 1.35. The van der Waals surface area contributed by atoms with Gasteiger partial charge in [-0.05, 0) is 47.2 Å². The van der Waals surface area contributed by atoms with Crippen LogP contribution in [0.5, 0.6) is 0 Å². The monoisotopic (exact) mass is 440 g/mol. The van der Waals surface area contributed by atoms with Gasteiger partial charge in [0.05, 0.1) is 42.1 Å². The van der Waals surface area contributed by atoms with Crippen molar-refractivity contribution in [3.63, 3.8) is 0 Å². The molecule has 31 heavy (non-hydrogen) atoms. The molecule has 11 heteroatoms. The van der Waals surface area contributed by atoms with E-state index in [0.717, 1.165) is 6.42 Å². The molecular formula is C20H20N6O4S. The number of rotatable bonds is 8. The molecule has 0 spiro atoms. The minimum Gasteiger partial charge on any atom is -0.467 e. The summed E-state index contributed by atoms with van der Waals surface area (Å²) in [4.78, 5) is 29.8. The molecule has 0 bridgehead atoms. The minimum atomic E-state index is -0.489. The van der Waals surface area contributed by atoms with Gasteiger partial charge >= 0.3 is 5.97 Å². The molecule has 0 aliphatic heterocycles. The van der Waals surface area contributed by atoms with Crippen LogP contribution in [0.25, 0.3) is 10.9 Å². The standard InChI is InChI=1S/C20H20N6O4S/c1-3-8-26-17(22-23-24-26)12-31-20-21-16-10-13(19(28)29-2)6-7-15(16)18(27)25(20)11-14-5-4-9-30-14/h4-7,9-10H,3,8,11-12H2,1-2H3. The third kappa shape index (κ3) is 4.36. The number of furan rings is 1. The van der Waals surface area contributed by atoms with Crippen molar-refractivity contribution in [3.8, 4) is 0 Å². The molecule has 0 fully saturated rings. The normalized spacial score (nSPS) is 11.2. The van der Waals surface area contributed by atoms with E-state index in [1.165, 1.54) is 18.9 Å². The lowest BCUT2D eigenvalue weighted by Gasteiger charge is -2.12. The molecule has 3 heterocycles. The van der Waals surface area contributed by atoms with E-state index < -0.39 is 5.97 Å². The van der Waals surface area contributed by atoms with E-state index in [2.05, 4.69) is 20.5 Å². The first-order valence-electron chi connectivity index (χ1n) is 9.63. The summed E-state index contributed by atoms with van der Waals surface area (Å²) in [5.41, 5.74) is 0.515. The van der Waals surface area contributed by atoms with Crippen LogP contribution in [0.2, 0.25) is 0 Å². The predicted octanol–water partition coefficient (Wildman–Crippen LogP) is 2.51. The summed E-state index contributed by atoms with van der Waals surface area (Å²) in [6.07, 6.45) is 2.46. The molecule has 0 saturated heterocycles. The number of hydrogen-bond donors (Lipinski definition) is 0. The lowest BCUT2D eigenvalue weighted by molar-refractivity contribution is 0.0601. The number of hydrogen-bond acceptors (Lipinski definition) is 9. The van der Waals surface area contributed by atoms with Gasteiger partial charge in [0.15, 0.2) is 11.0 Å². The summed E-state index contributed by atoms with van der Waals surface area (Å²) in [7, 11) is 1.31. The van der Waals surface area contributed by atoms with E-state index in [9.17, 15) is 9.59 Å². The number of ether oxygens (including phenoxy) is 1. The fourth-order valence-electron chi connectivity index (χ4n) is 3.09. The summed E-state index contributed by atoms with van der Waals surface area (Å²) in [6, 6.07) is 8.27. The first kappa shape index (κ1) is 20.8. The van der Waals surface area contributed by atoms with Gasteiger partial charge in [-0.3, -0.25) is 9.36 Å². The number of benzene rings is 1. The van der Waals surface area contributed by atoms with Crippen LogP contribution >= 0.6 is 11.8 Å². The van der Waals surface area contributed by atoms with E-state index in [1.54, 1.807) is 45.8 Å². The van der Waals surface area contributed by atoms with Gasteiger partial charge in [0.1, 0.15) is 5.76 Å². The second kappa shape index (κ2) is 9.13. The SMILES string of the molecule is CCCn1nnnc1CSc1nc2cc(C(=O)OC)ccc2c(=O)n1Cc1ccco1. The summed E-state index contributed by atoms with van der Waals surface area (Å²) in [6.45, 7) is 2.98. The van der Waals surface area contributed by atoms with Crippen LogP contribution in [0, 0.1) is 0 Å². The Morgan fingerprint density at radius 3 is 2.90 bits per heavy atom. The van der Waals surface area contributed by atoms with Crippen molar-refractivity contribution in [2.24, 2.45) is 0 Å². The Hall–Kier alpha value is -3.47. The van der Waals surface area contributed by atoms with E-state index >= 15 is 0 Å². The average Bonchev–Trinajstić information content (AvgIpc) is 3.46. The average molecular weight is 440 g/mol. The second-order valence-electron chi connectivity index (χ2n) is 6.70. The summed E-state index contributed by atoms with van der Waals surface area (Å²) < 4.78 is 13.5. The van der Waals surface area contributed by atoms with Crippen molar-refractivity contribution in [2.45, 2.75) is 37.3 Å². The van der Waals surface area contributed by atoms with Crippen LogP contribution in [-0.4, -0.2) is 42.8 Å². The second-order valence-corrected chi connectivity index (χ2v) is 7.64. The number of thioether (sulfide) groups is 1. The number of tetrazole rings is 1. The number of esters is 1. The largest absolute Gasteiger partial charge is 0.467 e. The fraction of sp³-hybridized carbons (Fsp3) is 0.300. The van der Waals surface area contributed by atoms with Crippen LogP contribution in [0.4, 0.5) is 0 Å². The van der Waals surface area contributed by atoms with Gasteiger partial charge in [0.2, 0.25) is 0 Å². The molecule has 1 aromatic carbocycles. The first-order chi connectivity index (χ1) is 15.1. The van der Waals surface area contributed by atoms with Crippen LogP contribution < -0.4 is 5.56 Å². The Bertz CT molecular complexity index is 1260. The Kier molecular flexibility index (Phi) is 6.12. The van der Waals surface area contributed by atoms with Gasteiger partial charge in [0, 0.05) is 6.54 Å². The maximum Gasteiger partial charge on any atom is 0.337 e. The molecule has 0 amide bonds. The molecule has 0 saturated carbocycles. The van der Waals surface area contributed by atoms with Crippen molar-refractivity contribution in [2.75, 3.05) is 7.11 Å². The molecule has 3 aromatic heterocycles. The number of fused-ring (bicyclic) bond motifs is 1. The minimum absolute atomic E-state index is 0.228. The third-order valence-corrected chi connectivity index (χ3v) is 5.58. The van der Waals surface area contributed by atoms with Crippen molar-refractivity contribution in [1.82, 2.24) is 29.8 Å². The number of nitrogens with zero attached hydrogens (tertiary/aromatic N) is 6. The molecule has 4 aromatic rings. The molecule has 160 valence electrons. The van der Waals surface area contributed by atoms with E-state index in [1.807, 2.05) is 6.92 Å². The van der Waals surface area contributed by atoms with Gasteiger partial charge in [-0.1, -0.05) is 18.7 Å². The van der Waals surface area contributed by atoms with Gasteiger partial charge in [-0.2, -0.15) is 0 Å². The molecule has 0 radical (unpaired) electrons. The number of carbonyl (C=O) groups is 1. The maximum atomic E-state index is 13.3. The Labute approximate surface area is 181 Å². The Balaban J connectivity index is 1.76. The fourth-order valence-corrected chi connectivity index (χ4v) is 4.03. The maximum absolute atomic E-state index is 13.3. The highest BCUT2D eigenvalue weighted by Gasteiger charge is 2.17. The molecule has 4 rings (SSSR count). The molecule has 0 N–H and O–H groups in total. The molecular weight excluding hydrogens is 420 g/mol. The highest BCUT2D eigenvalue weighted by Crippen LogP contribution is 2.23. The summed E-state index contributed by atoms with van der Waals surface area (Å²) in [5.74, 6) is 1.26. The van der Waals surface area contributed by atoms with Crippen molar-refractivity contribution >= 4 is 28.6 Å². The van der Waals surface area contributed by atoms with Crippen LogP contribution in [0.15, 0.2) is 51.0 Å². The number of carbonyl (C=O) groups excluding carboxylic acids is 1. The van der Waals surface area contributed by atoms with Crippen LogP contribution in [0.1, 0.15) is 35.3 Å². The lowest BCUT2D eigenvalue weighted by atomic mass is 10.1. The van der Waals surface area contributed by atoms with E-state index in [0.29, 0.717) is 45.5 Å². The zero-order valence-corrected chi connectivity index (χ0v) is 17.8. The Morgan fingerprint density at radius 1 is 1.29 bits per heavy atom. The third-order valence-electron chi connectivity index (χ3n) is 4.61. The topological polar surface area (TPSA) is 118 Å². The highest BCUT2D eigenvalue weighted by atomic mass is 32.2. The van der Waals surface area contributed by atoms with Crippen molar-refractivity contribution < 1.29 is 13.9 Å². The van der Waals surface area contributed by atoms with Crippen molar-refractivity contribution in [3.05, 3.63) is 64.1 Å². The van der Waals surface area contributed by atoms with Crippen LogP contribution in [0.3, 0.4) is 0 Å². The number of aromatic nitrogens is 6. The molecule has 10 nitrogen and oxygen atoms in total. The first-order valence-corrected chi connectivity index (χ1v) is 10.6. The highest BCUT2D eigenvalue weighted by molar-refractivity contribution is 7.98. The Morgan fingerprint density at radius 2 is 2.16 bits per heavy atom. The van der Waals surface area contributed by atoms with E-state index in [4.69, 9.17) is 9.15 Å². The lowest BCUT2D eigenvalue weighted by Crippen LogP contribution is -2.24. The smallest absolute Gasteiger partial charge is 0.337 e. The van der Waals surface area contributed by atoms with Gasteiger partial charge in [-0.25, -0.2) is 14.5 Å². The van der Waals surface area contributed by atoms with Gasteiger partial charge in [0.25, 0.3) is 5.56 Å². The van der Waals surface area contributed by atoms with Gasteiger partial charge < -0.3 is 9.15 Å². The zero-order chi connectivity index (χ0) is 21.8. The summed E-state index contributed by atoms with van der Waals surface area (Å²) in [5, 5.41) is 12.7. The number of methoxy groups -OCH3 is 1. The zero-order valence-electron chi connectivity index (χ0n) is 17.0. The number of aryl methyl sites for hydroxylation is 1. The van der Waals surface area contributed by atoms with Crippen molar-refractivity contribution in [1.29, 1.82) is 0 Å². The molecule has 0 aliphatic carbocycles. The molecule has 0 atom stereocenters. The van der Waals surface area contributed by atoms with Crippen LogP contribution in [-0.2, 0) is 23.6 Å². The van der Waals surface area contributed by atoms with E-state index in [-0.39, 0.29) is 12.1 Å². The predicted molar refractivity (Wildman–Crippen MR) is 113 cm³/mol. The molecule has 0 aliphatic rings. The van der Waals surface area contributed by atoms with Gasteiger partial charge in [-0.15, -0.1) is 5.10 Å². The quantitative estimate of drug-likeness (QED) is 0.231.